The molecule has 0 saturated carbocycles. The smallest absolute Gasteiger partial charge is 0.226 e. The second-order valence-electron chi connectivity index (χ2n) is 6.99. The topological polar surface area (TPSA) is 62.3 Å². The summed E-state index contributed by atoms with van der Waals surface area (Å²) in [6, 6.07) is 11.3. The predicted octanol–water partition coefficient (Wildman–Crippen LogP) is 4.25. The zero-order valence-corrected chi connectivity index (χ0v) is 17.0. The van der Waals surface area contributed by atoms with Gasteiger partial charge in [0.05, 0.1) is 5.92 Å². The maximum Gasteiger partial charge on any atom is 0.226 e. The highest BCUT2D eigenvalue weighted by atomic mass is 79.9. The van der Waals surface area contributed by atoms with E-state index in [4.69, 9.17) is 0 Å². The van der Waals surface area contributed by atoms with E-state index in [-0.39, 0.29) is 30.1 Å². The second kappa shape index (κ2) is 9.13. The SMILES string of the molecule is CCC[C@H]1CN(Cc2cccnc2)C(=O)[C@H]1CC(=O)Nc1ccc(Br)cc1. The van der Waals surface area contributed by atoms with Gasteiger partial charge < -0.3 is 10.2 Å². The Hall–Kier alpha value is -2.21. The lowest BCUT2D eigenvalue weighted by atomic mass is 9.88. The zero-order valence-electron chi connectivity index (χ0n) is 15.4. The van der Waals surface area contributed by atoms with Crippen LogP contribution in [0.1, 0.15) is 31.7 Å². The normalized spacial score (nSPS) is 19.3. The summed E-state index contributed by atoms with van der Waals surface area (Å²) in [7, 11) is 0. The number of aromatic nitrogens is 1. The molecule has 1 aliphatic heterocycles. The van der Waals surface area contributed by atoms with Crippen LogP contribution >= 0.6 is 15.9 Å². The lowest BCUT2D eigenvalue weighted by molar-refractivity contribution is -0.133. The van der Waals surface area contributed by atoms with E-state index in [2.05, 4.69) is 33.2 Å². The van der Waals surface area contributed by atoms with Crippen molar-refractivity contribution in [3.63, 3.8) is 0 Å². The Kier molecular flexibility index (Phi) is 6.61. The standard InChI is InChI=1S/C21H24BrN3O2/c1-2-4-16-14-25(13-15-5-3-10-23-12-15)21(27)19(16)11-20(26)24-18-8-6-17(22)7-9-18/h3,5-10,12,16,19H,2,4,11,13-14H2,1H3,(H,24,26)/t16-,19-/m0/s1. The minimum atomic E-state index is -0.253. The number of benzene rings is 1. The van der Waals surface area contributed by atoms with Gasteiger partial charge in [-0.15, -0.1) is 0 Å². The Bertz CT molecular complexity index is 780. The van der Waals surface area contributed by atoms with Gasteiger partial charge in [0.15, 0.2) is 0 Å². The van der Waals surface area contributed by atoms with E-state index in [1.54, 1.807) is 12.4 Å². The molecular formula is C21H24BrN3O2. The number of pyridine rings is 1. The van der Waals surface area contributed by atoms with E-state index >= 15 is 0 Å². The van der Waals surface area contributed by atoms with Gasteiger partial charge in [-0.3, -0.25) is 14.6 Å². The van der Waals surface area contributed by atoms with E-state index in [1.165, 1.54) is 0 Å². The molecule has 2 heterocycles. The molecule has 3 rings (SSSR count). The van der Waals surface area contributed by atoms with Crippen molar-refractivity contribution in [1.82, 2.24) is 9.88 Å². The Morgan fingerprint density at radius 1 is 1.30 bits per heavy atom. The van der Waals surface area contributed by atoms with E-state index in [9.17, 15) is 9.59 Å². The third-order valence-electron chi connectivity index (χ3n) is 4.94. The molecule has 1 aromatic carbocycles. The number of hydrogen-bond donors (Lipinski definition) is 1. The van der Waals surface area contributed by atoms with Gasteiger partial charge in [0, 0.05) is 42.1 Å². The first-order valence-electron chi connectivity index (χ1n) is 9.30. The monoisotopic (exact) mass is 429 g/mol. The largest absolute Gasteiger partial charge is 0.338 e. The van der Waals surface area contributed by atoms with Gasteiger partial charge in [-0.2, -0.15) is 0 Å². The van der Waals surface area contributed by atoms with Crippen molar-refractivity contribution in [3.8, 4) is 0 Å². The van der Waals surface area contributed by atoms with Crippen molar-refractivity contribution in [2.24, 2.45) is 11.8 Å². The number of carbonyl (C=O) groups is 2. The van der Waals surface area contributed by atoms with Gasteiger partial charge in [-0.1, -0.05) is 35.3 Å². The van der Waals surface area contributed by atoms with Crippen LogP contribution in [0, 0.1) is 11.8 Å². The highest BCUT2D eigenvalue weighted by Gasteiger charge is 2.40. The Morgan fingerprint density at radius 3 is 2.74 bits per heavy atom. The molecule has 27 heavy (non-hydrogen) atoms. The molecule has 0 radical (unpaired) electrons. The van der Waals surface area contributed by atoms with E-state index in [1.807, 2.05) is 41.3 Å². The molecule has 2 atom stereocenters. The maximum atomic E-state index is 12.9. The number of nitrogens with one attached hydrogen (secondary N) is 1. The minimum absolute atomic E-state index is 0.0725. The van der Waals surface area contributed by atoms with Gasteiger partial charge in [0.1, 0.15) is 0 Å². The van der Waals surface area contributed by atoms with Crippen molar-refractivity contribution in [1.29, 1.82) is 0 Å². The Labute approximate surface area is 168 Å². The van der Waals surface area contributed by atoms with Crippen molar-refractivity contribution < 1.29 is 9.59 Å². The van der Waals surface area contributed by atoms with Crippen LogP contribution in [0.3, 0.4) is 0 Å². The van der Waals surface area contributed by atoms with Crippen molar-refractivity contribution in [3.05, 3.63) is 58.8 Å². The molecule has 5 nitrogen and oxygen atoms in total. The highest BCUT2D eigenvalue weighted by Crippen LogP contribution is 2.32. The molecule has 142 valence electrons. The molecule has 1 aliphatic rings. The highest BCUT2D eigenvalue weighted by molar-refractivity contribution is 9.10. The molecule has 0 spiro atoms. The molecule has 0 bridgehead atoms. The quantitative estimate of drug-likeness (QED) is 0.715. The number of anilines is 1. The molecule has 1 N–H and O–H groups in total. The van der Waals surface area contributed by atoms with E-state index in [0.717, 1.165) is 28.6 Å². The molecular weight excluding hydrogens is 406 g/mol. The van der Waals surface area contributed by atoms with Crippen LogP contribution in [-0.4, -0.2) is 28.2 Å². The Balaban J connectivity index is 1.65. The lowest BCUT2D eigenvalue weighted by Gasteiger charge is -2.16. The first-order chi connectivity index (χ1) is 13.1. The molecule has 2 amide bonds. The molecule has 1 aromatic heterocycles. The van der Waals surface area contributed by atoms with Crippen LogP contribution in [0.15, 0.2) is 53.3 Å². The number of rotatable bonds is 7. The number of hydrogen-bond acceptors (Lipinski definition) is 3. The number of nitrogens with zero attached hydrogens (tertiary/aromatic N) is 2. The van der Waals surface area contributed by atoms with E-state index in [0.29, 0.717) is 13.1 Å². The average molecular weight is 430 g/mol. The molecule has 0 unspecified atom stereocenters. The molecule has 1 fully saturated rings. The second-order valence-corrected chi connectivity index (χ2v) is 7.91. The van der Waals surface area contributed by atoms with Crippen molar-refractivity contribution >= 4 is 33.4 Å². The summed E-state index contributed by atoms with van der Waals surface area (Å²) < 4.78 is 0.959. The number of carbonyl (C=O) groups excluding carboxylic acids is 2. The van der Waals surface area contributed by atoms with Crippen molar-refractivity contribution in [2.45, 2.75) is 32.7 Å². The lowest BCUT2D eigenvalue weighted by Crippen LogP contribution is -2.29. The first kappa shape index (κ1) is 19.5. The Morgan fingerprint density at radius 2 is 2.07 bits per heavy atom. The van der Waals surface area contributed by atoms with Gasteiger partial charge in [-0.05, 0) is 48.2 Å². The molecule has 1 saturated heterocycles. The summed E-state index contributed by atoms with van der Waals surface area (Å²) in [5.41, 5.74) is 1.76. The number of amides is 2. The van der Waals surface area contributed by atoms with Gasteiger partial charge in [0.2, 0.25) is 11.8 Å². The van der Waals surface area contributed by atoms with Crippen LogP contribution in [0.4, 0.5) is 5.69 Å². The summed E-state index contributed by atoms with van der Waals surface area (Å²) in [4.78, 5) is 31.4. The van der Waals surface area contributed by atoms with E-state index < -0.39 is 0 Å². The fourth-order valence-electron chi connectivity index (χ4n) is 3.65. The average Bonchev–Trinajstić information content (AvgIpc) is 2.94. The van der Waals surface area contributed by atoms with Gasteiger partial charge in [-0.25, -0.2) is 0 Å². The summed E-state index contributed by atoms with van der Waals surface area (Å²) in [6.45, 7) is 3.38. The predicted molar refractivity (Wildman–Crippen MR) is 109 cm³/mol. The first-order valence-corrected chi connectivity index (χ1v) is 10.1. The minimum Gasteiger partial charge on any atom is -0.338 e. The summed E-state index contributed by atoms with van der Waals surface area (Å²) in [5, 5.41) is 2.90. The third kappa shape index (κ3) is 5.16. The van der Waals surface area contributed by atoms with Crippen LogP contribution < -0.4 is 5.32 Å². The summed E-state index contributed by atoms with van der Waals surface area (Å²) in [5.74, 6) is -0.0739. The van der Waals surface area contributed by atoms with Gasteiger partial charge >= 0.3 is 0 Å². The van der Waals surface area contributed by atoms with Crippen LogP contribution in [-0.2, 0) is 16.1 Å². The zero-order chi connectivity index (χ0) is 19.2. The maximum absolute atomic E-state index is 12.9. The molecule has 2 aromatic rings. The summed E-state index contributed by atoms with van der Waals surface area (Å²) >= 11 is 3.38. The molecule has 0 aliphatic carbocycles. The van der Waals surface area contributed by atoms with Crippen LogP contribution in [0.2, 0.25) is 0 Å². The van der Waals surface area contributed by atoms with Crippen LogP contribution in [0.25, 0.3) is 0 Å². The fraction of sp³-hybridized carbons (Fsp3) is 0.381. The summed E-state index contributed by atoms with van der Waals surface area (Å²) in [6.07, 6.45) is 5.69. The van der Waals surface area contributed by atoms with Crippen LogP contribution in [0.5, 0.6) is 0 Å². The fourth-order valence-corrected chi connectivity index (χ4v) is 3.92. The van der Waals surface area contributed by atoms with Crippen molar-refractivity contribution in [2.75, 3.05) is 11.9 Å². The number of halogens is 1. The third-order valence-corrected chi connectivity index (χ3v) is 5.47. The molecule has 6 heteroatoms. The number of likely N-dealkylation sites (tertiary alicyclic amines) is 1. The van der Waals surface area contributed by atoms with Gasteiger partial charge in [0.25, 0.3) is 0 Å².